The first-order valence-electron chi connectivity index (χ1n) is 7.41. The Hall–Kier alpha value is -2.70. The SMILES string of the molecule is C.COCCOc1n[nH]c(C(=O)O)n1.COCCOc1n[nH]c(C(=O)OC)n1.[Li+].[OH-]. The summed E-state index contributed by atoms with van der Waals surface area (Å²) in [7, 11) is 4.35. The van der Waals surface area contributed by atoms with Crippen molar-refractivity contribution in [3.8, 4) is 12.0 Å². The first kappa shape index (κ1) is 32.0. The smallest absolute Gasteiger partial charge is 0.870 e. The van der Waals surface area contributed by atoms with Crippen molar-refractivity contribution in [1.82, 2.24) is 30.4 Å². The van der Waals surface area contributed by atoms with Crippen molar-refractivity contribution in [3.63, 3.8) is 0 Å². The molecule has 2 aromatic heterocycles. The third-order valence-electron chi connectivity index (χ3n) is 2.55. The molecule has 2 heterocycles. The van der Waals surface area contributed by atoms with Gasteiger partial charge < -0.3 is 34.3 Å². The van der Waals surface area contributed by atoms with Gasteiger partial charge in [0.2, 0.25) is 11.6 Å². The summed E-state index contributed by atoms with van der Waals surface area (Å²) in [6, 6.07) is 0.108. The Kier molecular flexibility index (Phi) is 19.5. The van der Waals surface area contributed by atoms with Crippen molar-refractivity contribution >= 4 is 11.9 Å². The molecule has 166 valence electrons. The van der Waals surface area contributed by atoms with E-state index >= 15 is 0 Å². The molecule has 0 fully saturated rings. The van der Waals surface area contributed by atoms with Gasteiger partial charge in [-0.05, 0) is 0 Å². The van der Waals surface area contributed by atoms with Crippen LogP contribution in [0.1, 0.15) is 28.7 Å². The number of carboxylic acids is 1. The Morgan fingerprint density at radius 1 is 0.867 bits per heavy atom. The minimum absolute atomic E-state index is 0. The molecule has 0 bridgehead atoms. The summed E-state index contributed by atoms with van der Waals surface area (Å²) < 4.78 is 23.9. The molecule has 0 saturated heterocycles. The number of aromatic carboxylic acids is 1. The van der Waals surface area contributed by atoms with Gasteiger partial charge in [-0.25, -0.2) is 9.59 Å². The van der Waals surface area contributed by atoms with E-state index in [2.05, 4.69) is 35.1 Å². The molecule has 0 saturated carbocycles. The van der Waals surface area contributed by atoms with Crippen LogP contribution in [0.3, 0.4) is 0 Å². The molecule has 2 rings (SSSR count). The van der Waals surface area contributed by atoms with Crippen LogP contribution in [0, 0.1) is 0 Å². The molecule has 0 aliphatic heterocycles. The molecule has 30 heavy (non-hydrogen) atoms. The molecule has 0 atom stereocenters. The van der Waals surface area contributed by atoms with Gasteiger partial charge in [0, 0.05) is 14.2 Å². The van der Waals surface area contributed by atoms with Crippen LogP contribution in [0.25, 0.3) is 0 Å². The van der Waals surface area contributed by atoms with Gasteiger partial charge in [-0.2, -0.15) is 9.97 Å². The number of aromatic nitrogens is 6. The monoisotopic (exact) mass is 428 g/mol. The summed E-state index contributed by atoms with van der Waals surface area (Å²) in [6.45, 7) is 1.45. The summed E-state index contributed by atoms with van der Waals surface area (Å²) >= 11 is 0. The predicted molar refractivity (Wildman–Crippen MR) is 94.5 cm³/mol. The summed E-state index contributed by atoms with van der Waals surface area (Å²) in [5.41, 5.74) is 0. The molecule has 0 radical (unpaired) electrons. The molecule has 0 unspecified atom stereocenters. The number of carbonyl (C=O) groups is 2. The first-order valence-corrected chi connectivity index (χ1v) is 7.41. The van der Waals surface area contributed by atoms with Crippen LogP contribution in [0.4, 0.5) is 0 Å². The van der Waals surface area contributed by atoms with E-state index in [-0.39, 0.29) is 62.0 Å². The van der Waals surface area contributed by atoms with Gasteiger partial charge in [0.1, 0.15) is 13.2 Å². The van der Waals surface area contributed by atoms with Crippen LogP contribution in [-0.2, 0) is 14.2 Å². The molecular weight excluding hydrogens is 403 g/mol. The number of aromatic amines is 2. The molecule has 0 aliphatic rings. The standard InChI is InChI=1S/C7H11N3O4.C6H9N3O4.CH4.Li.H2O/c1-12-3-4-14-7-8-5(9-10-7)6(11)13-2;1-12-2-3-13-6-7-4(5(10)11)8-9-6;;;/h3-4H2,1-2H3,(H,8,9,10);2-3H2,1H3,(H,10,11)(H,7,8,9);1H4;;1H2/q;;;+1;/p-1. The van der Waals surface area contributed by atoms with Gasteiger partial charge in [-0.1, -0.05) is 7.43 Å². The van der Waals surface area contributed by atoms with Gasteiger partial charge in [-0.15, -0.1) is 10.2 Å². The van der Waals surface area contributed by atoms with Gasteiger partial charge in [0.05, 0.1) is 20.3 Å². The number of carbonyl (C=O) groups excluding carboxylic acids is 1. The van der Waals surface area contributed by atoms with Gasteiger partial charge in [0.25, 0.3) is 0 Å². The van der Waals surface area contributed by atoms with Gasteiger partial charge in [0.15, 0.2) is 0 Å². The van der Waals surface area contributed by atoms with Crippen molar-refractivity contribution < 1.29 is 62.7 Å². The van der Waals surface area contributed by atoms with Gasteiger partial charge in [-0.3, -0.25) is 10.2 Å². The molecule has 0 spiro atoms. The van der Waals surface area contributed by atoms with Gasteiger partial charge >= 0.3 is 42.8 Å². The Labute approximate surface area is 184 Å². The topological polar surface area (TPSA) is 214 Å². The van der Waals surface area contributed by atoms with Crippen LogP contribution in [0.15, 0.2) is 0 Å². The van der Waals surface area contributed by atoms with E-state index in [0.717, 1.165) is 0 Å². The number of hydrogen-bond donors (Lipinski definition) is 3. The van der Waals surface area contributed by atoms with Crippen LogP contribution < -0.4 is 28.3 Å². The van der Waals surface area contributed by atoms with Crippen molar-refractivity contribution in [3.05, 3.63) is 11.6 Å². The van der Waals surface area contributed by atoms with E-state index in [0.29, 0.717) is 19.8 Å². The fraction of sp³-hybridized carbons (Fsp3) is 0.571. The predicted octanol–water partition coefficient (Wildman–Crippen LogP) is -3.39. The maximum absolute atomic E-state index is 10.9. The summed E-state index contributed by atoms with van der Waals surface area (Å²) in [6.07, 6.45) is 0. The maximum Gasteiger partial charge on any atom is 1.00 e. The zero-order valence-corrected chi connectivity index (χ0v) is 16.4. The number of methoxy groups -OCH3 is 3. The number of nitrogens with zero attached hydrogens (tertiary/aromatic N) is 4. The number of nitrogens with one attached hydrogen (secondary N) is 2. The summed E-state index contributed by atoms with van der Waals surface area (Å²) in [5.74, 6) is -1.99. The maximum atomic E-state index is 10.9. The molecule has 15 nitrogen and oxygen atoms in total. The average Bonchev–Trinajstić information content (AvgIpc) is 3.32. The Morgan fingerprint density at radius 2 is 1.30 bits per heavy atom. The van der Waals surface area contributed by atoms with E-state index in [1.54, 1.807) is 7.11 Å². The van der Waals surface area contributed by atoms with Crippen LogP contribution in [0.2, 0.25) is 0 Å². The van der Waals surface area contributed by atoms with Crippen molar-refractivity contribution in [2.75, 3.05) is 47.8 Å². The van der Waals surface area contributed by atoms with E-state index in [4.69, 9.17) is 24.1 Å². The zero-order valence-electron chi connectivity index (χ0n) is 16.4. The number of ether oxygens (including phenoxy) is 5. The van der Waals surface area contributed by atoms with E-state index < -0.39 is 11.9 Å². The molecule has 0 aromatic carbocycles. The van der Waals surface area contributed by atoms with Crippen molar-refractivity contribution in [2.24, 2.45) is 0 Å². The third-order valence-corrected chi connectivity index (χ3v) is 2.55. The van der Waals surface area contributed by atoms with Crippen LogP contribution in [0.5, 0.6) is 12.0 Å². The quantitative estimate of drug-likeness (QED) is 0.191. The summed E-state index contributed by atoms with van der Waals surface area (Å²) in [4.78, 5) is 28.5. The molecule has 0 amide bonds. The largest absolute Gasteiger partial charge is 1.00 e. The average molecular weight is 428 g/mol. The normalized spacial score (nSPS) is 8.90. The Bertz CT molecular complexity index is 712. The number of esters is 1. The fourth-order valence-electron chi connectivity index (χ4n) is 1.34. The minimum atomic E-state index is -1.17. The van der Waals surface area contributed by atoms with Crippen LogP contribution >= 0.6 is 0 Å². The molecular formula is C14H25LiN6O9. The fourth-order valence-corrected chi connectivity index (χ4v) is 1.34. The summed E-state index contributed by atoms with van der Waals surface area (Å²) in [5, 5.41) is 20.2. The van der Waals surface area contributed by atoms with Crippen molar-refractivity contribution in [1.29, 1.82) is 0 Å². The van der Waals surface area contributed by atoms with E-state index in [1.165, 1.54) is 14.2 Å². The first-order chi connectivity index (χ1) is 13.0. The minimum Gasteiger partial charge on any atom is -0.870 e. The van der Waals surface area contributed by atoms with E-state index in [1.807, 2.05) is 0 Å². The molecule has 4 N–H and O–H groups in total. The number of carboxylic acid groups (broad SMARTS) is 1. The van der Waals surface area contributed by atoms with Crippen molar-refractivity contribution in [2.45, 2.75) is 7.43 Å². The number of rotatable bonds is 10. The molecule has 0 aliphatic carbocycles. The second kappa shape index (κ2) is 18.3. The Morgan fingerprint density at radius 3 is 1.67 bits per heavy atom. The molecule has 2 aromatic rings. The number of hydrogen-bond acceptors (Lipinski definition) is 12. The zero-order chi connectivity index (χ0) is 20.1. The second-order valence-corrected chi connectivity index (χ2v) is 4.41. The second-order valence-electron chi connectivity index (χ2n) is 4.41. The Balaban J connectivity index is -0.000000443. The van der Waals surface area contributed by atoms with Crippen LogP contribution in [-0.4, -0.2) is 101 Å². The molecule has 16 heteroatoms. The third kappa shape index (κ3) is 12.0. The number of H-pyrrole nitrogens is 2. The van der Waals surface area contributed by atoms with E-state index in [9.17, 15) is 9.59 Å².